The number of hydrogen-bond acceptors (Lipinski definition) is 3. The fraction of sp³-hybridized carbons (Fsp3) is 0.250. The predicted octanol–water partition coefficient (Wildman–Crippen LogP) is 3.27. The third-order valence-corrected chi connectivity index (χ3v) is 3.53. The molecule has 1 aromatic heterocycles. The zero-order valence-electron chi connectivity index (χ0n) is 10.2. The first-order valence-electron chi connectivity index (χ1n) is 5.78. The second kappa shape index (κ2) is 6.33. The van der Waals surface area contributed by atoms with Gasteiger partial charge in [-0.05, 0) is 47.2 Å². The molecule has 1 aromatic carbocycles. The van der Waals surface area contributed by atoms with E-state index in [0.717, 1.165) is 22.2 Å². The molecule has 0 saturated heterocycles. The van der Waals surface area contributed by atoms with Crippen LogP contribution in [0.4, 0.5) is 5.69 Å². The summed E-state index contributed by atoms with van der Waals surface area (Å²) in [4.78, 5) is 16.1. The molecule has 0 aliphatic rings. The van der Waals surface area contributed by atoms with Crippen molar-refractivity contribution >= 4 is 45.8 Å². The Morgan fingerprint density at radius 1 is 1.53 bits per heavy atom. The Labute approximate surface area is 129 Å². The van der Waals surface area contributed by atoms with Crippen molar-refractivity contribution in [2.24, 2.45) is 0 Å². The smallest absolute Gasteiger partial charge is 0.295 e. The number of aromatic amines is 1. The van der Waals surface area contributed by atoms with E-state index in [9.17, 15) is 4.79 Å². The van der Waals surface area contributed by atoms with Crippen molar-refractivity contribution in [2.75, 3.05) is 5.32 Å². The molecule has 0 bridgehead atoms. The Hall–Kier alpha value is -1.15. The summed E-state index contributed by atoms with van der Waals surface area (Å²) in [6.45, 7) is 2.04. The van der Waals surface area contributed by atoms with Gasteiger partial charge in [-0.3, -0.25) is 9.89 Å². The van der Waals surface area contributed by atoms with E-state index in [1.807, 2.05) is 6.92 Å². The van der Waals surface area contributed by atoms with Gasteiger partial charge in [-0.25, -0.2) is 4.98 Å². The van der Waals surface area contributed by atoms with Gasteiger partial charge in [0.15, 0.2) is 0 Å². The molecule has 2 N–H and O–H groups in total. The molecule has 0 aliphatic carbocycles. The van der Waals surface area contributed by atoms with E-state index in [4.69, 9.17) is 11.6 Å². The first-order valence-corrected chi connectivity index (χ1v) is 7.23. The highest BCUT2D eigenvalue weighted by molar-refractivity contribution is 14.1. The normalized spacial score (nSPS) is 10.5. The number of benzene rings is 1. The van der Waals surface area contributed by atoms with Gasteiger partial charge in [0, 0.05) is 15.0 Å². The van der Waals surface area contributed by atoms with Crippen molar-refractivity contribution in [3.63, 3.8) is 0 Å². The predicted molar refractivity (Wildman–Crippen MR) is 82.5 cm³/mol. The van der Waals surface area contributed by atoms with Crippen molar-refractivity contribution in [1.82, 2.24) is 15.2 Å². The number of carbonyl (C=O) groups excluding carboxylic acids is 1. The Balaban J connectivity index is 2.11. The van der Waals surface area contributed by atoms with E-state index in [2.05, 4.69) is 43.1 Å². The number of nitrogens with one attached hydrogen (secondary N) is 2. The van der Waals surface area contributed by atoms with Crippen LogP contribution in [0, 0.1) is 3.57 Å². The highest BCUT2D eigenvalue weighted by Gasteiger charge is 2.13. The maximum atomic E-state index is 12.0. The molecular weight excluding hydrogens is 379 g/mol. The summed E-state index contributed by atoms with van der Waals surface area (Å²) in [6.07, 6.45) is 1.73. The molecule has 0 aliphatic heterocycles. The molecule has 0 saturated carbocycles. The van der Waals surface area contributed by atoms with Crippen LogP contribution < -0.4 is 5.32 Å². The third-order valence-electron chi connectivity index (χ3n) is 2.40. The number of hydrogen-bond donors (Lipinski definition) is 2. The van der Waals surface area contributed by atoms with Crippen LogP contribution in [-0.4, -0.2) is 21.1 Å². The fourth-order valence-corrected chi connectivity index (χ4v) is 2.52. The van der Waals surface area contributed by atoms with E-state index in [0.29, 0.717) is 10.7 Å². The van der Waals surface area contributed by atoms with Crippen molar-refractivity contribution < 1.29 is 4.79 Å². The summed E-state index contributed by atoms with van der Waals surface area (Å²) in [5.74, 6) is 0.534. The second-order valence-electron chi connectivity index (χ2n) is 3.93. The number of rotatable bonds is 4. The minimum absolute atomic E-state index is 0.147. The summed E-state index contributed by atoms with van der Waals surface area (Å²) in [7, 11) is 0. The number of carbonyl (C=O) groups is 1. The zero-order valence-corrected chi connectivity index (χ0v) is 13.1. The van der Waals surface area contributed by atoms with Crippen LogP contribution in [0.5, 0.6) is 0 Å². The van der Waals surface area contributed by atoms with Crippen LogP contribution in [0.1, 0.15) is 29.8 Å². The van der Waals surface area contributed by atoms with Crippen molar-refractivity contribution in [2.45, 2.75) is 19.8 Å². The number of nitrogens with zero attached hydrogens (tertiary/aromatic N) is 2. The minimum Gasteiger partial charge on any atom is -0.318 e. The zero-order chi connectivity index (χ0) is 13.8. The number of aromatic nitrogens is 3. The second-order valence-corrected chi connectivity index (χ2v) is 5.53. The average Bonchev–Trinajstić information content (AvgIpc) is 2.82. The van der Waals surface area contributed by atoms with Crippen molar-refractivity contribution in [1.29, 1.82) is 0 Å². The van der Waals surface area contributed by atoms with E-state index in [-0.39, 0.29) is 11.7 Å². The quantitative estimate of drug-likeness (QED) is 0.787. The molecule has 0 atom stereocenters. The lowest BCUT2D eigenvalue weighted by molar-refractivity contribution is 0.101. The molecule has 1 amide bonds. The van der Waals surface area contributed by atoms with Crippen LogP contribution in [0.15, 0.2) is 18.2 Å². The fourth-order valence-electron chi connectivity index (χ4n) is 1.51. The molecule has 19 heavy (non-hydrogen) atoms. The maximum Gasteiger partial charge on any atom is 0.295 e. The van der Waals surface area contributed by atoms with Gasteiger partial charge >= 0.3 is 0 Å². The number of amides is 1. The topological polar surface area (TPSA) is 70.7 Å². The lowest BCUT2D eigenvalue weighted by atomic mass is 10.3. The maximum absolute atomic E-state index is 12.0. The van der Waals surface area contributed by atoms with Gasteiger partial charge in [0.1, 0.15) is 5.82 Å². The Bertz CT molecular complexity index is 599. The third kappa shape index (κ3) is 3.66. The molecule has 7 heteroatoms. The summed E-state index contributed by atoms with van der Waals surface area (Å²) in [5.41, 5.74) is 0.692. The highest BCUT2D eigenvalue weighted by Crippen LogP contribution is 2.22. The lowest BCUT2D eigenvalue weighted by Gasteiger charge is -2.05. The summed E-state index contributed by atoms with van der Waals surface area (Å²) in [5, 5.41) is 10.0. The monoisotopic (exact) mass is 390 g/mol. The van der Waals surface area contributed by atoms with Crippen LogP contribution in [0.2, 0.25) is 5.02 Å². The highest BCUT2D eigenvalue weighted by atomic mass is 127. The summed E-state index contributed by atoms with van der Waals surface area (Å²) >= 11 is 7.97. The number of halogens is 2. The summed E-state index contributed by atoms with van der Waals surface area (Å²) in [6, 6.07) is 5.25. The molecule has 2 aromatic rings. The molecule has 1 heterocycles. The van der Waals surface area contributed by atoms with Crippen LogP contribution in [0.3, 0.4) is 0 Å². The molecule has 0 fully saturated rings. The molecule has 0 spiro atoms. The average molecular weight is 391 g/mol. The van der Waals surface area contributed by atoms with Gasteiger partial charge in [-0.15, -0.1) is 5.10 Å². The lowest BCUT2D eigenvalue weighted by Crippen LogP contribution is -2.14. The first-order chi connectivity index (χ1) is 9.10. The molecular formula is C12H12ClIN4O. The number of anilines is 1. The van der Waals surface area contributed by atoms with Gasteiger partial charge in [0.2, 0.25) is 5.82 Å². The van der Waals surface area contributed by atoms with Crippen molar-refractivity contribution in [3.8, 4) is 0 Å². The first kappa shape index (κ1) is 14.3. The van der Waals surface area contributed by atoms with Gasteiger partial charge in [0.25, 0.3) is 5.91 Å². The van der Waals surface area contributed by atoms with Crippen molar-refractivity contribution in [3.05, 3.63) is 38.4 Å². The minimum atomic E-state index is -0.334. The van der Waals surface area contributed by atoms with Gasteiger partial charge in [0.05, 0.1) is 5.69 Å². The molecule has 5 nitrogen and oxygen atoms in total. The van der Waals surface area contributed by atoms with Crippen LogP contribution >= 0.6 is 34.2 Å². The van der Waals surface area contributed by atoms with E-state index >= 15 is 0 Å². The van der Waals surface area contributed by atoms with E-state index in [1.54, 1.807) is 18.2 Å². The Morgan fingerprint density at radius 3 is 3.00 bits per heavy atom. The SMILES string of the molecule is CCCc1nc(C(=O)Nc2ccc(Cl)cc2I)n[nH]1. The molecule has 100 valence electrons. The molecule has 2 rings (SSSR count). The molecule has 0 unspecified atom stereocenters. The van der Waals surface area contributed by atoms with E-state index < -0.39 is 0 Å². The summed E-state index contributed by atoms with van der Waals surface area (Å²) < 4.78 is 0.864. The van der Waals surface area contributed by atoms with Gasteiger partial charge in [-0.2, -0.15) is 0 Å². The Kier molecular flexibility index (Phi) is 4.76. The standard InChI is InChI=1S/C12H12ClIN4O/c1-2-3-10-16-11(18-17-10)12(19)15-9-5-4-7(13)6-8(9)14/h4-6H,2-3H2,1H3,(H,15,19)(H,16,17,18). The van der Waals surface area contributed by atoms with E-state index in [1.165, 1.54) is 0 Å². The molecule has 0 radical (unpaired) electrons. The van der Waals surface area contributed by atoms with Crippen LogP contribution in [0.25, 0.3) is 0 Å². The van der Waals surface area contributed by atoms with Gasteiger partial charge in [-0.1, -0.05) is 18.5 Å². The number of aryl methyl sites for hydroxylation is 1. The number of H-pyrrole nitrogens is 1. The van der Waals surface area contributed by atoms with Gasteiger partial charge < -0.3 is 5.32 Å². The largest absolute Gasteiger partial charge is 0.318 e. The van der Waals surface area contributed by atoms with Crippen LogP contribution in [-0.2, 0) is 6.42 Å². The Morgan fingerprint density at radius 2 is 2.32 bits per heavy atom.